The van der Waals surface area contributed by atoms with Crippen molar-refractivity contribution in [1.82, 2.24) is 9.78 Å². The predicted octanol–water partition coefficient (Wildman–Crippen LogP) is 5.17. The zero-order chi connectivity index (χ0) is 22.8. The summed E-state index contributed by atoms with van der Waals surface area (Å²) in [5, 5.41) is 9.37. The van der Waals surface area contributed by atoms with Gasteiger partial charge in [-0.1, -0.05) is 29.8 Å². The Morgan fingerprint density at radius 1 is 1.09 bits per heavy atom. The number of aryl methyl sites for hydroxylation is 2. The normalized spacial score (nSPS) is 12.1. The van der Waals surface area contributed by atoms with Crippen LogP contribution >= 0.6 is 11.3 Å². The van der Waals surface area contributed by atoms with Crippen molar-refractivity contribution in [2.24, 2.45) is 0 Å². The highest BCUT2D eigenvalue weighted by Gasteiger charge is 2.15. The Kier molecular flexibility index (Phi) is 5.75. The van der Waals surface area contributed by atoms with Crippen LogP contribution in [-0.4, -0.2) is 22.5 Å². The average molecular weight is 462 g/mol. The molecule has 5 rings (SSSR count). The second kappa shape index (κ2) is 8.99. The number of ether oxygens (including phenoxy) is 3. The van der Waals surface area contributed by atoms with Crippen molar-refractivity contribution in [2.75, 3.05) is 12.1 Å². The van der Waals surface area contributed by atoms with Crippen molar-refractivity contribution in [1.29, 1.82) is 0 Å². The number of benzene rings is 2. The fourth-order valence-electron chi connectivity index (χ4n) is 3.60. The molecule has 7 nitrogen and oxygen atoms in total. The minimum absolute atomic E-state index is 0.186. The van der Waals surface area contributed by atoms with E-state index in [1.165, 1.54) is 22.5 Å². The Balaban J connectivity index is 1.19. The Morgan fingerprint density at radius 3 is 2.85 bits per heavy atom. The van der Waals surface area contributed by atoms with Crippen LogP contribution in [0.15, 0.2) is 60.0 Å². The molecule has 0 spiro atoms. The van der Waals surface area contributed by atoms with Gasteiger partial charge in [0.1, 0.15) is 12.4 Å². The Labute approximate surface area is 195 Å². The van der Waals surface area contributed by atoms with E-state index in [-0.39, 0.29) is 12.7 Å². The third-order valence-corrected chi connectivity index (χ3v) is 6.24. The predicted molar refractivity (Wildman–Crippen MR) is 126 cm³/mol. The first kappa shape index (κ1) is 21.1. The minimum atomic E-state index is -0.186. The van der Waals surface area contributed by atoms with Crippen molar-refractivity contribution in [3.05, 3.63) is 87.2 Å². The zero-order valence-corrected chi connectivity index (χ0v) is 19.1. The highest BCUT2D eigenvalue weighted by molar-refractivity contribution is 7.12. The summed E-state index contributed by atoms with van der Waals surface area (Å²) in [6, 6.07) is 17.5. The molecule has 0 saturated heterocycles. The molecule has 8 heteroatoms. The highest BCUT2D eigenvalue weighted by Crippen LogP contribution is 2.35. The Morgan fingerprint density at radius 2 is 1.97 bits per heavy atom. The molecule has 4 aromatic rings. The van der Waals surface area contributed by atoms with E-state index in [0.717, 1.165) is 11.3 Å². The van der Waals surface area contributed by atoms with E-state index in [4.69, 9.17) is 14.2 Å². The molecule has 3 heterocycles. The lowest BCUT2D eigenvalue weighted by atomic mass is 10.1. The average Bonchev–Trinajstić information content (AvgIpc) is 3.52. The number of anilines is 1. The molecule has 1 N–H and O–H groups in total. The largest absolute Gasteiger partial charge is 0.489 e. The molecule has 0 aliphatic carbocycles. The summed E-state index contributed by atoms with van der Waals surface area (Å²) in [6.45, 7) is 5.29. The third kappa shape index (κ3) is 4.85. The van der Waals surface area contributed by atoms with Crippen LogP contribution in [0.3, 0.4) is 0 Å². The molecule has 168 valence electrons. The van der Waals surface area contributed by atoms with Gasteiger partial charge >= 0.3 is 0 Å². The molecule has 2 aromatic heterocycles. The molecule has 33 heavy (non-hydrogen) atoms. The van der Waals surface area contributed by atoms with Gasteiger partial charge in [0.2, 0.25) is 6.79 Å². The first-order valence-corrected chi connectivity index (χ1v) is 11.4. The zero-order valence-electron chi connectivity index (χ0n) is 18.3. The molecular weight excluding hydrogens is 438 g/mol. The number of aromatic nitrogens is 2. The van der Waals surface area contributed by atoms with Gasteiger partial charge in [0, 0.05) is 23.4 Å². The standard InChI is InChI=1S/C25H23N3O4S/c1-16-4-3-5-18(8-16)12-28-17(2)9-24(27-28)26-25(29)23-10-19(14-33-23)13-30-20-6-7-21-22(11-20)32-15-31-21/h3-11,14H,12-13,15H2,1-2H3,(H,26,27,29). The number of carbonyl (C=O) groups is 1. The van der Waals surface area contributed by atoms with Crippen LogP contribution < -0.4 is 19.5 Å². The Bertz CT molecular complexity index is 1310. The third-order valence-electron chi connectivity index (χ3n) is 5.26. The fourth-order valence-corrected chi connectivity index (χ4v) is 4.39. The summed E-state index contributed by atoms with van der Waals surface area (Å²) in [5.74, 6) is 2.43. The van der Waals surface area contributed by atoms with Crippen molar-refractivity contribution in [3.63, 3.8) is 0 Å². The number of nitrogens with zero attached hydrogens (tertiary/aromatic N) is 2. The highest BCUT2D eigenvalue weighted by atomic mass is 32.1. The van der Waals surface area contributed by atoms with Crippen molar-refractivity contribution in [3.8, 4) is 17.2 Å². The number of hydrogen-bond donors (Lipinski definition) is 1. The van der Waals surface area contributed by atoms with Crippen LogP contribution in [0, 0.1) is 13.8 Å². The van der Waals surface area contributed by atoms with Crippen LogP contribution in [0.4, 0.5) is 5.82 Å². The number of nitrogens with one attached hydrogen (secondary N) is 1. The lowest BCUT2D eigenvalue weighted by Crippen LogP contribution is -2.11. The number of thiophene rings is 1. The smallest absolute Gasteiger partial charge is 0.266 e. The number of rotatable bonds is 7. The summed E-state index contributed by atoms with van der Waals surface area (Å²) < 4.78 is 18.4. The van der Waals surface area contributed by atoms with E-state index in [1.807, 2.05) is 47.3 Å². The SMILES string of the molecule is Cc1cccc(Cn2nc(NC(=O)c3cc(COc4ccc5c(c4)OCO5)cs3)cc2C)c1. The van der Waals surface area contributed by atoms with Gasteiger partial charge in [0.25, 0.3) is 5.91 Å². The monoisotopic (exact) mass is 461 g/mol. The first-order chi connectivity index (χ1) is 16.0. The van der Waals surface area contributed by atoms with Gasteiger partial charge in [0.05, 0.1) is 11.4 Å². The van der Waals surface area contributed by atoms with Crippen molar-refractivity contribution >= 4 is 23.1 Å². The summed E-state index contributed by atoms with van der Waals surface area (Å²) in [4.78, 5) is 13.3. The topological polar surface area (TPSA) is 74.6 Å². The van der Waals surface area contributed by atoms with E-state index in [2.05, 4.69) is 35.5 Å². The van der Waals surface area contributed by atoms with Crippen LogP contribution in [-0.2, 0) is 13.2 Å². The van der Waals surface area contributed by atoms with E-state index in [0.29, 0.717) is 41.1 Å². The summed E-state index contributed by atoms with van der Waals surface area (Å²) >= 11 is 1.38. The molecule has 1 amide bonds. The van der Waals surface area contributed by atoms with E-state index in [1.54, 1.807) is 6.07 Å². The Hall–Kier alpha value is -3.78. The number of hydrogen-bond acceptors (Lipinski definition) is 6. The molecule has 1 aliphatic rings. The molecule has 0 fully saturated rings. The molecule has 0 atom stereocenters. The summed E-state index contributed by atoms with van der Waals surface area (Å²) in [5.41, 5.74) is 4.28. The second-order valence-corrected chi connectivity index (χ2v) is 8.81. The van der Waals surface area contributed by atoms with E-state index in [9.17, 15) is 4.79 Å². The summed E-state index contributed by atoms with van der Waals surface area (Å²) in [6.07, 6.45) is 0. The van der Waals surface area contributed by atoms with Crippen LogP contribution in [0.1, 0.15) is 32.1 Å². The van der Waals surface area contributed by atoms with E-state index < -0.39 is 0 Å². The molecule has 2 aromatic carbocycles. The van der Waals surface area contributed by atoms with E-state index >= 15 is 0 Å². The van der Waals surface area contributed by atoms with Gasteiger partial charge in [0.15, 0.2) is 17.3 Å². The lowest BCUT2D eigenvalue weighted by Gasteiger charge is -2.05. The second-order valence-electron chi connectivity index (χ2n) is 7.89. The van der Waals surface area contributed by atoms with Gasteiger partial charge in [-0.05, 0) is 43.0 Å². The van der Waals surface area contributed by atoms with Crippen LogP contribution in [0.5, 0.6) is 17.2 Å². The van der Waals surface area contributed by atoms with Gasteiger partial charge in [-0.2, -0.15) is 5.10 Å². The van der Waals surface area contributed by atoms with Crippen molar-refractivity contribution < 1.29 is 19.0 Å². The van der Waals surface area contributed by atoms with Gasteiger partial charge < -0.3 is 19.5 Å². The van der Waals surface area contributed by atoms with Crippen LogP contribution in [0.2, 0.25) is 0 Å². The maximum absolute atomic E-state index is 12.7. The first-order valence-electron chi connectivity index (χ1n) is 10.5. The van der Waals surface area contributed by atoms with Crippen LogP contribution in [0.25, 0.3) is 0 Å². The number of fused-ring (bicyclic) bond motifs is 1. The molecule has 0 radical (unpaired) electrons. The molecule has 0 bridgehead atoms. The quantitative estimate of drug-likeness (QED) is 0.411. The number of carbonyl (C=O) groups excluding carboxylic acids is 1. The van der Waals surface area contributed by atoms with Gasteiger partial charge in [-0.3, -0.25) is 9.48 Å². The molecular formula is C25H23N3O4S. The maximum Gasteiger partial charge on any atom is 0.266 e. The fraction of sp³-hybridized carbons (Fsp3) is 0.200. The molecule has 1 aliphatic heterocycles. The molecule has 0 unspecified atom stereocenters. The van der Waals surface area contributed by atoms with Crippen molar-refractivity contribution in [2.45, 2.75) is 27.0 Å². The van der Waals surface area contributed by atoms with Gasteiger partial charge in [-0.25, -0.2) is 0 Å². The minimum Gasteiger partial charge on any atom is -0.489 e. The maximum atomic E-state index is 12.7. The van der Waals surface area contributed by atoms with Gasteiger partial charge in [-0.15, -0.1) is 11.3 Å². The lowest BCUT2D eigenvalue weighted by molar-refractivity contribution is 0.103. The molecule has 0 saturated carbocycles. The summed E-state index contributed by atoms with van der Waals surface area (Å²) in [7, 11) is 0. The number of amides is 1.